The van der Waals surface area contributed by atoms with E-state index in [9.17, 15) is 24.3 Å². The maximum absolute atomic E-state index is 14.1. The van der Waals surface area contributed by atoms with Crippen LogP contribution in [0.4, 0.5) is 4.79 Å². The molecule has 0 aliphatic heterocycles. The maximum atomic E-state index is 14.1. The van der Waals surface area contributed by atoms with Crippen LogP contribution in [-0.2, 0) is 38.4 Å². The van der Waals surface area contributed by atoms with E-state index >= 15 is 0 Å². The third kappa shape index (κ3) is 13.4. The van der Waals surface area contributed by atoms with Crippen LogP contribution in [0.2, 0.25) is 0 Å². The van der Waals surface area contributed by atoms with Crippen molar-refractivity contribution in [3.63, 3.8) is 0 Å². The molecule has 3 aromatic rings. The summed E-state index contributed by atoms with van der Waals surface area (Å²) in [7, 11) is 0. The van der Waals surface area contributed by atoms with Gasteiger partial charge in [0, 0.05) is 12.3 Å². The van der Waals surface area contributed by atoms with Gasteiger partial charge in [-0.3, -0.25) is 14.4 Å². The van der Waals surface area contributed by atoms with Crippen molar-refractivity contribution in [1.29, 1.82) is 0 Å². The number of primary amides is 1. The van der Waals surface area contributed by atoms with Crippen molar-refractivity contribution in [2.24, 2.45) is 17.6 Å². The number of aliphatic hydroxyl groups is 1. The van der Waals surface area contributed by atoms with Crippen molar-refractivity contribution >= 4 is 23.8 Å². The smallest absolute Gasteiger partial charge is 0.407 e. The second kappa shape index (κ2) is 18.7. The molecule has 0 aromatic heterocycles. The van der Waals surface area contributed by atoms with Crippen LogP contribution >= 0.6 is 0 Å². The summed E-state index contributed by atoms with van der Waals surface area (Å²) >= 11 is 0. The number of nitrogens with two attached hydrogens (primary N) is 1. The van der Waals surface area contributed by atoms with Gasteiger partial charge >= 0.3 is 6.09 Å². The summed E-state index contributed by atoms with van der Waals surface area (Å²) in [6.07, 6.45) is -0.475. The first-order chi connectivity index (χ1) is 23.3. The molecule has 6 atom stereocenters. The number of nitrogens with one attached hydrogen (secondary N) is 3. The monoisotopic (exact) mass is 672 g/mol. The fourth-order valence-corrected chi connectivity index (χ4v) is 5.55. The summed E-state index contributed by atoms with van der Waals surface area (Å²) in [5, 5.41) is 20.2. The number of amides is 4. The molecule has 0 heterocycles. The predicted molar refractivity (Wildman–Crippen MR) is 190 cm³/mol. The molecule has 0 saturated carbocycles. The van der Waals surface area contributed by atoms with Crippen molar-refractivity contribution in [2.45, 2.75) is 96.6 Å². The number of benzene rings is 3. The number of hydrogen-bond acceptors (Lipinski definition) is 6. The molecule has 0 spiro atoms. The van der Waals surface area contributed by atoms with Gasteiger partial charge in [0.05, 0.1) is 12.1 Å². The molecule has 0 aliphatic rings. The summed E-state index contributed by atoms with van der Waals surface area (Å²) in [6, 6.07) is 25.4. The van der Waals surface area contributed by atoms with Gasteiger partial charge in [0.2, 0.25) is 17.7 Å². The second-order valence-corrected chi connectivity index (χ2v) is 13.7. The molecule has 49 heavy (non-hydrogen) atoms. The van der Waals surface area contributed by atoms with E-state index in [1.807, 2.05) is 105 Å². The minimum Gasteiger partial charge on any atom is -0.444 e. The Labute approximate surface area is 290 Å². The van der Waals surface area contributed by atoms with E-state index in [2.05, 4.69) is 16.0 Å². The molecule has 0 saturated heterocycles. The Morgan fingerprint density at radius 2 is 1.22 bits per heavy atom. The molecule has 3 rings (SSSR count). The Kier molecular flexibility index (Phi) is 14.8. The molecule has 0 aliphatic carbocycles. The third-order valence-electron chi connectivity index (χ3n) is 8.42. The lowest BCUT2D eigenvalue weighted by Crippen LogP contribution is -2.56. The van der Waals surface area contributed by atoms with Crippen LogP contribution in [-0.4, -0.2) is 58.8 Å². The summed E-state index contributed by atoms with van der Waals surface area (Å²) in [5.41, 5.74) is 7.52. The molecule has 0 unspecified atom stereocenters. The number of carbonyl (C=O) groups is 4. The SMILES string of the molecule is CC[C@H](C)[C@H](NC(=O)[C@H](Cc1ccccc1)C[C@H](O)[C@H](Cc1ccccc1)NC(=O)OC(C)(C)C)C(=O)N[C@@H](Cc1ccccc1)C(N)=O. The average Bonchev–Trinajstić information content (AvgIpc) is 3.06. The highest BCUT2D eigenvalue weighted by atomic mass is 16.6. The van der Waals surface area contributed by atoms with E-state index in [0.29, 0.717) is 12.8 Å². The molecule has 0 bridgehead atoms. The Morgan fingerprint density at radius 3 is 1.69 bits per heavy atom. The molecule has 0 fully saturated rings. The molecule has 0 radical (unpaired) electrons. The lowest BCUT2D eigenvalue weighted by Gasteiger charge is -2.31. The zero-order valence-corrected chi connectivity index (χ0v) is 29.2. The summed E-state index contributed by atoms with van der Waals surface area (Å²) in [6.45, 7) is 9.03. The van der Waals surface area contributed by atoms with Gasteiger partial charge in [0.25, 0.3) is 0 Å². The topological polar surface area (TPSA) is 160 Å². The standard InChI is InChI=1S/C39H52N4O6/c1-6-26(2)34(37(47)41-32(35(40)45)24-29-20-14-9-15-21-29)43-36(46)30(22-27-16-10-7-11-17-27)25-33(44)31(23-28-18-12-8-13-19-28)42-38(48)49-39(3,4)5/h7-21,26,30-34,44H,6,22-25H2,1-5H3,(H2,40,45)(H,41,47)(H,42,48)(H,43,46)/t26-,30+,31-,32-,33-,34-/m0/s1. The molecular formula is C39H52N4O6. The number of hydrogen-bond donors (Lipinski definition) is 5. The highest BCUT2D eigenvalue weighted by Crippen LogP contribution is 2.21. The summed E-state index contributed by atoms with van der Waals surface area (Å²) in [4.78, 5) is 53.0. The van der Waals surface area contributed by atoms with Gasteiger partial charge in [0.15, 0.2) is 0 Å². The van der Waals surface area contributed by atoms with Crippen LogP contribution in [0.25, 0.3) is 0 Å². The fourth-order valence-electron chi connectivity index (χ4n) is 5.55. The number of aliphatic hydroxyl groups excluding tert-OH is 1. The zero-order valence-electron chi connectivity index (χ0n) is 29.2. The number of alkyl carbamates (subject to hydrolysis) is 1. The van der Waals surface area contributed by atoms with Gasteiger partial charge in [-0.1, -0.05) is 111 Å². The summed E-state index contributed by atoms with van der Waals surface area (Å²) < 4.78 is 5.49. The Morgan fingerprint density at radius 1 is 0.735 bits per heavy atom. The third-order valence-corrected chi connectivity index (χ3v) is 8.42. The van der Waals surface area contributed by atoms with Gasteiger partial charge in [-0.25, -0.2) is 4.79 Å². The van der Waals surface area contributed by atoms with Gasteiger partial charge in [-0.05, 0) is 62.6 Å². The molecule has 264 valence electrons. The first kappa shape index (κ1) is 38.7. The van der Waals surface area contributed by atoms with Crippen LogP contribution in [0, 0.1) is 11.8 Å². The van der Waals surface area contributed by atoms with Crippen LogP contribution < -0.4 is 21.7 Å². The largest absolute Gasteiger partial charge is 0.444 e. The maximum Gasteiger partial charge on any atom is 0.407 e. The lowest BCUT2D eigenvalue weighted by molar-refractivity contribution is -0.134. The number of carbonyl (C=O) groups excluding carboxylic acids is 4. The van der Waals surface area contributed by atoms with Gasteiger partial charge < -0.3 is 31.5 Å². The zero-order chi connectivity index (χ0) is 36.0. The normalized spacial score (nSPS) is 15.1. The molecule has 6 N–H and O–H groups in total. The van der Waals surface area contributed by atoms with E-state index in [1.165, 1.54) is 0 Å². The van der Waals surface area contributed by atoms with Gasteiger partial charge in [0.1, 0.15) is 17.7 Å². The fraction of sp³-hybridized carbons (Fsp3) is 0.436. The molecular weight excluding hydrogens is 620 g/mol. The van der Waals surface area contributed by atoms with Gasteiger partial charge in [-0.15, -0.1) is 0 Å². The Hall–Kier alpha value is -4.70. The first-order valence-electron chi connectivity index (χ1n) is 16.9. The Balaban J connectivity index is 1.86. The van der Waals surface area contributed by atoms with E-state index in [1.54, 1.807) is 20.8 Å². The van der Waals surface area contributed by atoms with Crippen LogP contribution in [0.5, 0.6) is 0 Å². The van der Waals surface area contributed by atoms with E-state index in [0.717, 1.165) is 16.7 Å². The predicted octanol–water partition coefficient (Wildman–Crippen LogP) is 4.48. The van der Waals surface area contributed by atoms with Crippen molar-refractivity contribution in [3.05, 3.63) is 108 Å². The summed E-state index contributed by atoms with van der Waals surface area (Å²) in [5.74, 6) is -2.69. The molecule has 4 amide bonds. The second-order valence-electron chi connectivity index (χ2n) is 13.7. The minimum atomic E-state index is -1.15. The van der Waals surface area contributed by atoms with Crippen molar-refractivity contribution < 1.29 is 29.0 Å². The molecule has 10 nitrogen and oxygen atoms in total. The average molecular weight is 673 g/mol. The van der Waals surface area contributed by atoms with Crippen LogP contribution in [0.1, 0.15) is 64.2 Å². The van der Waals surface area contributed by atoms with Crippen molar-refractivity contribution in [1.82, 2.24) is 16.0 Å². The lowest BCUT2D eigenvalue weighted by atomic mass is 9.88. The Bertz CT molecular complexity index is 1480. The minimum absolute atomic E-state index is 0.0131. The van der Waals surface area contributed by atoms with Crippen LogP contribution in [0.3, 0.4) is 0 Å². The number of ether oxygens (including phenoxy) is 1. The van der Waals surface area contributed by atoms with E-state index < -0.39 is 59.6 Å². The van der Waals surface area contributed by atoms with Crippen molar-refractivity contribution in [3.8, 4) is 0 Å². The quantitative estimate of drug-likeness (QED) is 0.142. The van der Waals surface area contributed by atoms with Gasteiger partial charge in [-0.2, -0.15) is 0 Å². The highest BCUT2D eigenvalue weighted by Gasteiger charge is 2.34. The van der Waals surface area contributed by atoms with E-state index in [4.69, 9.17) is 10.5 Å². The van der Waals surface area contributed by atoms with Crippen LogP contribution in [0.15, 0.2) is 91.0 Å². The number of rotatable bonds is 17. The van der Waals surface area contributed by atoms with Crippen molar-refractivity contribution in [2.75, 3.05) is 0 Å². The van der Waals surface area contributed by atoms with E-state index in [-0.39, 0.29) is 25.2 Å². The molecule has 3 aromatic carbocycles. The highest BCUT2D eigenvalue weighted by molar-refractivity contribution is 5.92. The molecule has 10 heteroatoms. The first-order valence-corrected chi connectivity index (χ1v) is 16.9.